The number of carbonyl (C=O) groups excluding carboxylic acids is 2. The molecule has 0 saturated heterocycles. The van der Waals surface area contributed by atoms with Gasteiger partial charge in [-0.25, -0.2) is 8.42 Å². The standard InChI is InChI=1S/C30H34BrN3O4S/c1-21(30(36)32-25-13-3-2-4-14-25)33(20-22-9-5-12-24(31)19-22)28(35)17-8-18-34-26-15-6-10-23-11-7-16-27(29(23)26)39(34,37)38/h5-7,9-12,15-16,19,21,25H,2-4,8,13-14,17-18,20H2,1H3,(H,32,36). The third-order valence-electron chi connectivity index (χ3n) is 7.79. The SMILES string of the molecule is CC(C(=O)NC1CCCCC1)N(Cc1cccc(Br)c1)C(=O)CCCN1c2cccc3cccc(c23)S1(=O)=O. The minimum Gasteiger partial charge on any atom is -0.352 e. The van der Waals surface area contributed by atoms with Gasteiger partial charge >= 0.3 is 0 Å². The molecule has 1 aliphatic carbocycles. The molecule has 7 nitrogen and oxygen atoms in total. The highest BCUT2D eigenvalue weighted by Gasteiger charge is 2.35. The molecule has 1 saturated carbocycles. The van der Waals surface area contributed by atoms with E-state index in [9.17, 15) is 18.0 Å². The van der Waals surface area contributed by atoms with Crippen LogP contribution < -0.4 is 9.62 Å². The van der Waals surface area contributed by atoms with Gasteiger partial charge in [0, 0.05) is 35.4 Å². The van der Waals surface area contributed by atoms with Gasteiger partial charge in [0.2, 0.25) is 11.8 Å². The van der Waals surface area contributed by atoms with E-state index in [-0.39, 0.29) is 30.8 Å². The van der Waals surface area contributed by atoms with Gasteiger partial charge in [-0.2, -0.15) is 0 Å². The summed E-state index contributed by atoms with van der Waals surface area (Å²) in [5, 5.41) is 4.77. The number of hydrogen-bond donors (Lipinski definition) is 1. The first-order chi connectivity index (χ1) is 18.8. The largest absolute Gasteiger partial charge is 0.352 e. The topological polar surface area (TPSA) is 86.8 Å². The Balaban J connectivity index is 1.29. The molecule has 1 atom stereocenters. The fourth-order valence-corrected chi connectivity index (χ4v) is 7.90. The third kappa shape index (κ3) is 5.84. The Bertz CT molecular complexity index is 1480. The van der Waals surface area contributed by atoms with Gasteiger partial charge < -0.3 is 10.2 Å². The van der Waals surface area contributed by atoms with Crippen molar-refractivity contribution < 1.29 is 18.0 Å². The molecule has 0 radical (unpaired) electrons. The molecular weight excluding hydrogens is 578 g/mol. The van der Waals surface area contributed by atoms with Crippen LogP contribution in [0.3, 0.4) is 0 Å². The zero-order valence-electron chi connectivity index (χ0n) is 22.1. The maximum absolute atomic E-state index is 13.6. The number of hydrogen-bond acceptors (Lipinski definition) is 4. The minimum atomic E-state index is -3.68. The van der Waals surface area contributed by atoms with E-state index in [2.05, 4.69) is 21.2 Å². The number of benzene rings is 3. The van der Waals surface area contributed by atoms with Gasteiger partial charge in [0.05, 0.1) is 10.6 Å². The number of halogens is 1. The van der Waals surface area contributed by atoms with Gasteiger partial charge in [-0.1, -0.05) is 71.6 Å². The van der Waals surface area contributed by atoms with E-state index in [4.69, 9.17) is 0 Å². The molecule has 1 aliphatic heterocycles. The first-order valence-electron chi connectivity index (χ1n) is 13.6. The summed E-state index contributed by atoms with van der Waals surface area (Å²) in [6.07, 6.45) is 5.83. The van der Waals surface area contributed by atoms with Crippen molar-refractivity contribution in [1.29, 1.82) is 0 Å². The molecule has 1 N–H and O–H groups in total. The summed E-state index contributed by atoms with van der Waals surface area (Å²) in [5.74, 6) is -0.317. The van der Waals surface area contributed by atoms with E-state index in [0.29, 0.717) is 23.5 Å². The van der Waals surface area contributed by atoms with E-state index in [1.807, 2.05) is 48.5 Å². The minimum absolute atomic E-state index is 0.132. The van der Waals surface area contributed by atoms with Crippen molar-refractivity contribution >= 4 is 54.2 Å². The number of nitrogens with one attached hydrogen (secondary N) is 1. The molecule has 1 unspecified atom stereocenters. The Morgan fingerprint density at radius 3 is 2.51 bits per heavy atom. The van der Waals surface area contributed by atoms with Gasteiger partial charge in [-0.05, 0) is 61.4 Å². The van der Waals surface area contributed by atoms with E-state index >= 15 is 0 Å². The Labute approximate surface area is 238 Å². The van der Waals surface area contributed by atoms with Gasteiger partial charge in [0.1, 0.15) is 6.04 Å². The second-order valence-corrected chi connectivity index (χ2v) is 13.2. The lowest BCUT2D eigenvalue weighted by Gasteiger charge is -2.31. The van der Waals surface area contributed by atoms with Gasteiger partial charge in [-0.3, -0.25) is 13.9 Å². The highest BCUT2D eigenvalue weighted by molar-refractivity contribution is 9.10. The summed E-state index contributed by atoms with van der Waals surface area (Å²) >= 11 is 3.49. The number of carbonyl (C=O) groups is 2. The maximum atomic E-state index is 13.6. The van der Waals surface area contributed by atoms with Crippen molar-refractivity contribution in [3.05, 3.63) is 70.7 Å². The Morgan fingerprint density at radius 1 is 1.05 bits per heavy atom. The summed E-state index contributed by atoms with van der Waals surface area (Å²) in [6.45, 7) is 2.26. The van der Waals surface area contributed by atoms with E-state index in [0.717, 1.165) is 46.5 Å². The molecular formula is C30H34BrN3O4S. The third-order valence-corrected chi connectivity index (χ3v) is 10.1. The van der Waals surface area contributed by atoms with E-state index in [1.54, 1.807) is 24.0 Å². The summed E-state index contributed by atoms with van der Waals surface area (Å²) < 4.78 is 28.9. The smallest absolute Gasteiger partial charge is 0.265 e. The molecule has 39 heavy (non-hydrogen) atoms. The molecule has 3 aromatic carbocycles. The lowest BCUT2D eigenvalue weighted by atomic mass is 9.95. The number of nitrogens with zero attached hydrogens (tertiary/aromatic N) is 2. The monoisotopic (exact) mass is 611 g/mol. The van der Waals surface area contributed by atoms with Crippen LogP contribution in [0.1, 0.15) is 57.4 Å². The first-order valence-corrected chi connectivity index (χ1v) is 15.9. The van der Waals surface area contributed by atoms with Crippen LogP contribution in [0.5, 0.6) is 0 Å². The van der Waals surface area contributed by atoms with Crippen LogP contribution in [0, 0.1) is 0 Å². The van der Waals surface area contributed by atoms with Crippen LogP contribution in [-0.4, -0.2) is 43.8 Å². The number of rotatable bonds is 9. The molecule has 0 spiro atoms. The summed E-state index contributed by atoms with van der Waals surface area (Å²) in [6, 6.07) is 18.1. The average molecular weight is 613 g/mol. The number of sulfonamides is 1. The molecule has 1 heterocycles. The van der Waals surface area contributed by atoms with Crippen molar-refractivity contribution in [2.45, 2.75) is 75.4 Å². The average Bonchev–Trinajstić information content (AvgIpc) is 3.15. The summed E-state index contributed by atoms with van der Waals surface area (Å²) in [7, 11) is -3.68. The number of amides is 2. The normalized spacial score (nSPS) is 17.2. The van der Waals surface area contributed by atoms with Gasteiger partial charge in [-0.15, -0.1) is 0 Å². The summed E-state index contributed by atoms with van der Waals surface area (Å²) in [5.41, 5.74) is 1.57. The Morgan fingerprint density at radius 2 is 1.77 bits per heavy atom. The second-order valence-electron chi connectivity index (χ2n) is 10.5. The first kappa shape index (κ1) is 27.6. The van der Waals surface area contributed by atoms with E-state index in [1.165, 1.54) is 10.7 Å². The molecule has 1 fully saturated rings. The van der Waals surface area contributed by atoms with Crippen LogP contribution in [-0.2, 0) is 26.2 Å². The fraction of sp³-hybridized carbons (Fsp3) is 0.400. The van der Waals surface area contributed by atoms with E-state index < -0.39 is 16.1 Å². The molecule has 0 aromatic heterocycles. The van der Waals surface area contributed by atoms with Crippen LogP contribution in [0.25, 0.3) is 10.8 Å². The molecule has 3 aromatic rings. The molecule has 2 aliphatic rings. The van der Waals surface area contributed by atoms with Crippen molar-refractivity contribution in [3.63, 3.8) is 0 Å². The Kier molecular flexibility index (Phi) is 8.28. The van der Waals surface area contributed by atoms with Crippen molar-refractivity contribution in [2.75, 3.05) is 10.8 Å². The van der Waals surface area contributed by atoms with Crippen molar-refractivity contribution in [1.82, 2.24) is 10.2 Å². The summed E-state index contributed by atoms with van der Waals surface area (Å²) in [4.78, 5) is 28.7. The van der Waals surface area contributed by atoms with Gasteiger partial charge in [0.15, 0.2) is 0 Å². The molecule has 0 bridgehead atoms. The van der Waals surface area contributed by atoms with Crippen LogP contribution in [0.2, 0.25) is 0 Å². The molecule has 5 rings (SSSR count). The highest BCUT2D eigenvalue weighted by atomic mass is 79.9. The predicted molar refractivity (Wildman–Crippen MR) is 157 cm³/mol. The number of anilines is 1. The van der Waals surface area contributed by atoms with Crippen LogP contribution in [0.4, 0.5) is 5.69 Å². The molecule has 2 amide bonds. The maximum Gasteiger partial charge on any atom is 0.265 e. The second kappa shape index (κ2) is 11.7. The lowest BCUT2D eigenvalue weighted by molar-refractivity contribution is -0.141. The zero-order valence-corrected chi connectivity index (χ0v) is 24.5. The Hall–Kier alpha value is -2.91. The molecule has 206 valence electrons. The van der Waals surface area contributed by atoms with Crippen molar-refractivity contribution in [2.24, 2.45) is 0 Å². The quantitative estimate of drug-likeness (QED) is 0.333. The van der Waals surface area contributed by atoms with Crippen molar-refractivity contribution in [3.8, 4) is 0 Å². The van der Waals surface area contributed by atoms with Gasteiger partial charge in [0.25, 0.3) is 10.0 Å². The zero-order chi connectivity index (χ0) is 27.6. The predicted octanol–water partition coefficient (Wildman–Crippen LogP) is 5.76. The lowest BCUT2D eigenvalue weighted by Crippen LogP contribution is -2.50. The highest BCUT2D eigenvalue weighted by Crippen LogP contribution is 2.42. The molecule has 9 heteroatoms. The van der Waals surface area contributed by atoms with Crippen LogP contribution >= 0.6 is 15.9 Å². The van der Waals surface area contributed by atoms with Crippen LogP contribution in [0.15, 0.2) is 70.0 Å². The fourth-order valence-electron chi connectivity index (χ4n) is 5.70.